The molecule has 2 heterocycles. The van der Waals surface area contributed by atoms with Crippen molar-refractivity contribution in [3.8, 4) is 17.2 Å². The number of amides is 2. The fraction of sp³-hybridized carbons (Fsp3) is 0.276. The minimum atomic E-state index is -0.654. The first-order valence-corrected chi connectivity index (χ1v) is 13.1. The highest BCUT2D eigenvalue weighted by Gasteiger charge is 2.35. The van der Waals surface area contributed by atoms with Gasteiger partial charge in [-0.05, 0) is 84.6 Å². The molecule has 3 aromatic rings. The maximum absolute atomic E-state index is 13.0. The van der Waals surface area contributed by atoms with E-state index in [1.54, 1.807) is 37.3 Å². The van der Waals surface area contributed by atoms with E-state index in [2.05, 4.69) is 13.8 Å². The van der Waals surface area contributed by atoms with Gasteiger partial charge in [0.15, 0.2) is 11.5 Å². The number of esters is 1. The van der Waals surface area contributed by atoms with Gasteiger partial charge in [0, 0.05) is 0 Å². The lowest BCUT2D eigenvalue weighted by Gasteiger charge is -2.17. The number of carbonyl (C=O) groups is 3. The van der Waals surface area contributed by atoms with E-state index in [0.717, 1.165) is 28.6 Å². The SMILES string of the molecule is CCOc1cc(/C=C2\SC(=O)N(CCOc3cc(C)ccc3C(C)C)C2=O)ccc1OC(=O)c1ccco1. The molecule has 2 amide bonds. The van der Waals surface area contributed by atoms with Crippen LogP contribution in [0.5, 0.6) is 17.2 Å². The Morgan fingerprint density at radius 1 is 1.05 bits per heavy atom. The van der Waals surface area contributed by atoms with Crippen LogP contribution in [0.15, 0.2) is 64.1 Å². The number of hydrogen-bond donors (Lipinski definition) is 0. The van der Waals surface area contributed by atoms with Crippen molar-refractivity contribution >= 4 is 35.0 Å². The molecule has 38 heavy (non-hydrogen) atoms. The zero-order valence-corrected chi connectivity index (χ0v) is 22.5. The summed E-state index contributed by atoms with van der Waals surface area (Å²) in [7, 11) is 0. The molecule has 1 aromatic heterocycles. The Morgan fingerprint density at radius 3 is 2.58 bits per heavy atom. The lowest BCUT2D eigenvalue weighted by molar-refractivity contribution is -0.123. The van der Waals surface area contributed by atoms with E-state index in [1.807, 2.05) is 25.1 Å². The zero-order chi connectivity index (χ0) is 27.2. The monoisotopic (exact) mass is 535 g/mol. The van der Waals surface area contributed by atoms with E-state index in [-0.39, 0.29) is 46.6 Å². The van der Waals surface area contributed by atoms with Gasteiger partial charge in [-0.1, -0.05) is 32.0 Å². The Bertz CT molecular complexity index is 1360. The van der Waals surface area contributed by atoms with Crippen LogP contribution in [0, 0.1) is 6.92 Å². The molecule has 4 rings (SSSR count). The van der Waals surface area contributed by atoms with Gasteiger partial charge in [-0.3, -0.25) is 14.5 Å². The molecule has 0 atom stereocenters. The molecule has 0 N–H and O–H groups in total. The Kier molecular flexibility index (Phi) is 8.58. The Labute approximate surface area is 225 Å². The highest BCUT2D eigenvalue weighted by Crippen LogP contribution is 2.35. The van der Waals surface area contributed by atoms with Gasteiger partial charge < -0.3 is 18.6 Å². The number of rotatable bonds is 10. The Morgan fingerprint density at radius 2 is 1.87 bits per heavy atom. The molecular formula is C29H29NO7S. The normalized spacial score (nSPS) is 14.4. The molecule has 0 saturated carbocycles. The maximum atomic E-state index is 13.0. The predicted molar refractivity (Wildman–Crippen MR) is 145 cm³/mol. The summed E-state index contributed by atoms with van der Waals surface area (Å²) in [6.07, 6.45) is 3.00. The molecule has 1 fully saturated rings. The molecule has 2 aromatic carbocycles. The van der Waals surface area contributed by atoms with Gasteiger partial charge in [0.2, 0.25) is 5.76 Å². The third-order valence-electron chi connectivity index (χ3n) is 5.73. The second-order valence-corrected chi connectivity index (χ2v) is 9.88. The molecule has 198 valence electrons. The maximum Gasteiger partial charge on any atom is 0.379 e. The first-order chi connectivity index (χ1) is 18.3. The van der Waals surface area contributed by atoms with Gasteiger partial charge in [0.05, 0.1) is 24.3 Å². The molecule has 1 aliphatic rings. The second kappa shape index (κ2) is 12.0. The van der Waals surface area contributed by atoms with Crippen LogP contribution < -0.4 is 14.2 Å². The number of aryl methyl sites for hydroxylation is 1. The van der Waals surface area contributed by atoms with Crippen LogP contribution in [0.3, 0.4) is 0 Å². The van der Waals surface area contributed by atoms with Crippen LogP contribution in [0.25, 0.3) is 6.08 Å². The second-order valence-electron chi connectivity index (χ2n) is 8.88. The summed E-state index contributed by atoms with van der Waals surface area (Å²) in [5.74, 6) is 0.616. The molecule has 1 aliphatic heterocycles. The van der Waals surface area contributed by atoms with Crippen LogP contribution in [0.4, 0.5) is 4.79 Å². The molecule has 9 heteroatoms. The third-order valence-corrected chi connectivity index (χ3v) is 6.63. The summed E-state index contributed by atoms with van der Waals surface area (Å²) in [4.78, 5) is 39.3. The number of ether oxygens (including phenoxy) is 3. The number of nitrogens with zero attached hydrogens (tertiary/aromatic N) is 1. The summed E-state index contributed by atoms with van der Waals surface area (Å²) in [6.45, 7) is 8.64. The van der Waals surface area contributed by atoms with E-state index in [9.17, 15) is 14.4 Å². The topological polar surface area (TPSA) is 95.3 Å². The summed E-state index contributed by atoms with van der Waals surface area (Å²) >= 11 is 0.870. The quantitative estimate of drug-likeness (QED) is 0.166. The molecule has 0 aliphatic carbocycles. The minimum absolute atomic E-state index is 0.0667. The van der Waals surface area contributed by atoms with Gasteiger partial charge >= 0.3 is 5.97 Å². The number of carbonyl (C=O) groups excluding carboxylic acids is 3. The predicted octanol–water partition coefficient (Wildman–Crippen LogP) is 6.44. The van der Waals surface area contributed by atoms with Crippen molar-refractivity contribution in [2.45, 2.75) is 33.6 Å². The van der Waals surface area contributed by atoms with Crippen molar-refractivity contribution in [2.24, 2.45) is 0 Å². The molecular weight excluding hydrogens is 506 g/mol. The molecule has 0 radical (unpaired) electrons. The van der Waals surface area contributed by atoms with Crippen molar-refractivity contribution in [2.75, 3.05) is 19.8 Å². The van der Waals surface area contributed by atoms with Gasteiger partial charge in [0.25, 0.3) is 11.1 Å². The number of furan rings is 1. The van der Waals surface area contributed by atoms with Crippen molar-refractivity contribution in [3.05, 3.63) is 82.1 Å². The number of benzene rings is 2. The van der Waals surface area contributed by atoms with Crippen LogP contribution in [0.1, 0.15) is 53.9 Å². The van der Waals surface area contributed by atoms with Gasteiger partial charge in [-0.2, -0.15) is 0 Å². The number of imide groups is 1. The molecule has 1 saturated heterocycles. The van der Waals surface area contributed by atoms with E-state index >= 15 is 0 Å². The smallest absolute Gasteiger partial charge is 0.379 e. The van der Waals surface area contributed by atoms with E-state index < -0.39 is 5.97 Å². The van der Waals surface area contributed by atoms with Crippen LogP contribution in [0.2, 0.25) is 0 Å². The van der Waals surface area contributed by atoms with Gasteiger partial charge in [0.1, 0.15) is 12.4 Å². The number of thioether (sulfide) groups is 1. The highest BCUT2D eigenvalue weighted by atomic mass is 32.2. The summed E-state index contributed by atoms with van der Waals surface area (Å²) in [6, 6.07) is 14.0. The molecule has 0 spiro atoms. The highest BCUT2D eigenvalue weighted by molar-refractivity contribution is 8.18. The van der Waals surface area contributed by atoms with E-state index in [1.165, 1.54) is 17.2 Å². The average molecular weight is 536 g/mol. The first-order valence-electron chi connectivity index (χ1n) is 12.3. The van der Waals surface area contributed by atoms with Gasteiger partial charge in [-0.25, -0.2) is 4.79 Å². The van der Waals surface area contributed by atoms with Gasteiger partial charge in [-0.15, -0.1) is 0 Å². The zero-order valence-electron chi connectivity index (χ0n) is 21.7. The standard InChI is InChI=1S/C29H29NO7S/c1-5-34-25-16-20(9-11-22(25)37-28(32)23-7-6-13-35-23)17-26-27(31)30(29(33)38-26)12-14-36-24-15-19(4)8-10-21(24)18(2)3/h6-11,13,15-18H,5,12,14H2,1-4H3/b26-17-. The summed E-state index contributed by atoms with van der Waals surface area (Å²) in [5.41, 5.74) is 2.77. The summed E-state index contributed by atoms with van der Waals surface area (Å²) in [5, 5.41) is -0.354. The average Bonchev–Trinajstić information content (AvgIpc) is 3.50. The van der Waals surface area contributed by atoms with Crippen LogP contribution >= 0.6 is 11.8 Å². The Balaban J connectivity index is 1.44. The fourth-order valence-corrected chi connectivity index (χ4v) is 4.71. The molecule has 0 unspecified atom stereocenters. The third kappa shape index (κ3) is 6.28. The van der Waals surface area contributed by atoms with Crippen LogP contribution in [-0.4, -0.2) is 41.8 Å². The summed E-state index contributed by atoms with van der Waals surface area (Å²) < 4.78 is 22.1. The lowest BCUT2D eigenvalue weighted by atomic mass is 10.0. The van der Waals surface area contributed by atoms with Crippen molar-refractivity contribution in [1.82, 2.24) is 4.90 Å². The van der Waals surface area contributed by atoms with Crippen molar-refractivity contribution < 1.29 is 33.0 Å². The van der Waals surface area contributed by atoms with E-state index in [0.29, 0.717) is 17.9 Å². The number of hydrogen-bond acceptors (Lipinski definition) is 8. The molecule has 0 bridgehead atoms. The molecule has 8 nitrogen and oxygen atoms in total. The minimum Gasteiger partial charge on any atom is -0.491 e. The van der Waals surface area contributed by atoms with Crippen LogP contribution in [-0.2, 0) is 4.79 Å². The first kappa shape index (κ1) is 27.1. The van der Waals surface area contributed by atoms with Crippen molar-refractivity contribution in [1.29, 1.82) is 0 Å². The lowest BCUT2D eigenvalue weighted by Crippen LogP contribution is -2.32. The largest absolute Gasteiger partial charge is 0.491 e. The van der Waals surface area contributed by atoms with E-state index in [4.69, 9.17) is 18.6 Å². The van der Waals surface area contributed by atoms with Crippen molar-refractivity contribution in [3.63, 3.8) is 0 Å². The Hall–Kier alpha value is -3.98. The fourth-order valence-electron chi connectivity index (χ4n) is 3.85.